The number of hydrogen-bond donors (Lipinski definition) is 0. The zero-order chi connectivity index (χ0) is 15.0. The van der Waals surface area contributed by atoms with Crippen molar-refractivity contribution in [3.63, 3.8) is 0 Å². The van der Waals surface area contributed by atoms with Crippen LogP contribution in [0.2, 0.25) is 5.15 Å². The van der Waals surface area contributed by atoms with Gasteiger partial charge in [0.15, 0.2) is 5.65 Å². The lowest BCUT2D eigenvalue weighted by atomic mass is 10.0. The van der Waals surface area contributed by atoms with Gasteiger partial charge in [-0.2, -0.15) is 13.2 Å². The van der Waals surface area contributed by atoms with Crippen molar-refractivity contribution in [1.82, 2.24) is 14.6 Å². The highest BCUT2D eigenvalue weighted by atomic mass is 35.5. The van der Waals surface area contributed by atoms with Crippen LogP contribution in [0.15, 0.2) is 42.5 Å². The zero-order valence-electron chi connectivity index (χ0n) is 10.6. The van der Waals surface area contributed by atoms with Crippen molar-refractivity contribution < 1.29 is 13.2 Å². The average molecular weight is 312 g/mol. The second-order valence-corrected chi connectivity index (χ2v) is 4.88. The maximum Gasteiger partial charge on any atom is 0.416 e. The molecular formula is C14H9ClF3N3. The van der Waals surface area contributed by atoms with Crippen LogP contribution in [0, 0.1) is 0 Å². The SMILES string of the molecule is FC(F)(F)c1ccccc1Cc1nnc2cccc(Cl)n12. The normalized spacial score (nSPS) is 12.0. The average Bonchev–Trinajstić information content (AvgIpc) is 2.83. The minimum atomic E-state index is -4.40. The molecule has 3 aromatic rings. The monoisotopic (exact) mass is 311 g/mol. The van der Waals surface area contributed by atoms with Crippen molar-refractivity contribution in [3.8, 4) is 0 Å². The van der Waals surface area contributed by atoms with Crippen molar-refractivity contribution in [1.29, 1.82) is 0 Å². The van der Waals surface area contributed by atoms with Gasteiger partial charge in [-0.05, 0) is 23.8 Å². The van der Waals surface area contributed by atoms with Crippen LogP contribution in [0.5, 0.6) is 0 Å². The molecule has 1 aromatic carbocycles. The van der Waals surface area contributed by atoms with Crippen LogP contribution in [-0.2, 0) is 12.6 Å². The van der Waals surface area contributed by atoms with Gasteiger partial charge in [0, 0.05) is 6.42 Å². The Labute approximate surface area is 123 Å². The lowest BCUT2D eigenvalue weighted by Gasteiger charge is -2.12. The molecule has 0 saturated heterocycles. The van der Waals surface area contributed by atoms with Gasteiger partial charge in [-0.3, -0.25) is 4.40 Å². The summed E-state index contributed by atoms with van der Waals surface area (Å²) in [5.41, 5.74) is -0.0324. The van der Waals surface area contributed by atoms with Gasteiger partial charge >= 0.3 is 6.18 Å². The summed E-state index contributed by atoms with van der Waals surface area (Å²) < 4.78 is 40.5. The van der Waals surface area contributed by atoms with E-state index in [1.807, 2.05) is 0 Å². The van der Waals surface area contributed by atoms with Crippen molar-refractivity contribution in [2.75, 3.05) is 0 Å². The van der Waals surface area contributed by atoms with Gasteiger partial charge < -0.3 is 0 Å². The molecule has 0 radical (unpaired) electrons. The molecule has 0 aliphatic heterocycles. The summed E-state index contributed by atoms with van der Waals surface area (Å²) in [6.45, 7) is 0. The van der Waals surface area contributed by atoms with E-state index in [-0.39, 0.29) is 12.0 Å². The largest absolute Gasteiger partial charge is 0.416 e. The Morgan fingerprint density at radius 1 is 1.00 bits per heavy atom. The fourth-order valence-electron chi connectivity index (χ4n) is 2.20. The molecule has 108 valence electrons. The van der Waals surface area contributed by atoms with Gasteiger partial charge in [-0.25, -0.2) is 0 Å². The Hall–Kier alpha value is -2.08. The van der Waals surface area contributed by atoms with Crippen molar-refractivity contribution in [2.45, 2.75) is 12.6 Å². The van der Waals surface area contributed by atoms with E-state index in [0.717, 1.165) is 6.07 Å². The first-order valence-corrected chi connectivity index (χ1v) is 6.48. The Bertz CT molecular complexity index is 796. The third-order valence-corrected chi connectivity index (χ3v) is 3.41. The van der Waals surface area contributed by atoms with Crippen LogP contribution in [0.25, 0.3) is 5.65 Å². The number of nitrogens with zero attached hydrogens (tertiary/aromatic N) is 3. The Morgan fingerprint density at radius 3 is 2.52 bits per heavy atom. The number of rotatable bonds is 2. The summed E-state index contributed by atoms with van der Waals surface area (Å²) in [6, 6.07) is 10.5. The molecular weight excluding hydrogens is 303 g/mol. The maximum absolute atomic E-state index is 13.0. The summed E-state index contributed by atoms with van der Waals surface area (Å²) in [6.07, 6.45) is -4.40. The van der Waals surface area contributed by atoms with Crippen LogP contribution in [0.4, 0.5) is 13.2 Å². The highest BCUT2D eigenvalue weighted by molar-refractivity contribution is 6.29. The first-order valence-electron chi connectivity index (χ1n) is 6.10. The molecule has 0 atom stereocenters. The molecule has 0 fully saturated rings. The lowest BCUT2D eigenvalue weighted by Crippen LogP contribution is -2.10. The summed E-state index contributed by atoms with van der Waals surface area (Å²) >= 11 is 6.06. The van der Waals surface area contributed by atoms with Crippen LogP contribution < -0.4 is 0 Å². The van der Waals surface area contributed by atoms with Crippen molar-refractivity contribution >= 4 is 17.2 Å². The van der Waals surface area contributed by atoms with Crippen molar-refractivity contribution in [2.24, 2.45) is 0 Å². The molecule has 3 nitrogen and oxygen atoms in total. The van der Waals surface area contributed by atoms with E-state index >= 15 is 0 Å². The predicted octanol–water partition coefficient (Wildman–Crippen LogP) is 3.99. The van der Waals surface area contributed by atoms with Gasteiger partial charge in [0.2, 0.25) is 0 Å². The second-order valence-electron chi connectivity index (χ2n) is 4.49. The van der Waals surface area contributed by atoms with E-state index in [9.17, 15) is 13.2 Å². The summed E-state index contributed by atoms with van der Waals surface area (Å²) in [5, 5.41) is 8.21. The second kappa shape index (κ2) is 5.04. The van der Waals surface area contributed by atoms with Gasteiger partial charge in [0.1, 0.15) is 11.0 Å². The summed E-state index contributed by atoms with van der Waals surface area (Å²) in [7, 11) is 0. The van der Waals surface area contributed by atoms with Crippen LogP contribution >= 0.6 is 11.6 Å². The van der Waals surface area contributed by atoms with E-state index < -0.39 is 11.7 Å². The van der Waals surface area contributed by atoms with Gasteiger partial charge in [0.25, 0.3) is 0 Å². The maximum atomic E-state index is 13.0. The summed E-state index contributed by atoms with van der Waals surface area (Å²) in [4.78, 5) is 0. The van der Waals surface area contributed by atoms with Crippen molar-refractivity contribution in [3.05, 3.63) is 64.6 Å². The first-order chi connectivity index (χ1) is 9.97. The Balaban J connectivity index is 2.08. The highest BCUT2D eigenvalue weighted by Gasteiger charge is 2.33. The zero-order valence-corrected chi connectivity index (χ0v) is 11.4. The Morgan fingerprint density at radius 2 is 1.76 bits per heavy atom. The van der Waals surface area contributed by atoms with Gasteiger partial charge in [-0.15, -0.1) is 10.2 Å². The molecule has 7 heteroatoms. The van der Waals surface area contributed by atoms with E-state index in [1.54, 1.807) is 24.3 Å². The minimum absolute atomic E-state index is 0.000579. The Kier molecular flexibility index (Phi) is 3.33. The first kappa shape index (κ1) is 13.9. The predicted molar refractivity (Wildman–Crippen MR) is 72.2 cm³/mol. The molecule has 3 rings (SSSR count). The third kappa shape index (κ3) is 2.58. The topological polar surface area (TPSA) is 30.2 Å². The molecule has 21 heavy (non-hydrogen) atoms. The standard InChI is InChI=1S/C14H9ClF3N3/c15-11-6-3-7-12-19-20-13(21(11)12)8-9-4-1-2-5-10(9)14(16,17)18/h1-7H,8H2. The number of pyridine rings is 1. The highest BCUT2D eigenvalue weighted by Crippen LogP contribution is 2.32. The molecule has 0 saturated carbocycles. The molecule has 2 heterocycles. The quantitative estimate of drug-likeness (QED) is 0.670. The minimum Gasteiger partial charge on any atom is -0.269 e. The van der Waals surface area contributed by atoms with Crippen LogP contribution in [0.1, 0.15) is 17.0 Å². The molecule has 0 spiro atoms. The van der Waals surface area contributed by atoms with E-state index in [4.69, 9.17) is 11.6 Å². The van der Waals surface area contributed by atoms with Crippen LogP contribution in [-0.4, -0.2) is 14.6 Å². The fourth-order valence-corrected chi connectivity index (χ4v) is 2.45. The van der Waals surface area contributed by atoms with Gasteiger partial charge in [-0.1, -0.05) is 35.9 Å². The van der Waals surface area contributed by atoms with E-state index in [2.05, 4.69) is 10.2 Å². The molecule has 2 aromatic heterocycles. The smallest absolute Gasteiger partial charge is 0.269 e. The molecule has 0 N–H and O–H groups in total. The molecule has 0 amide bonds. The molecule has 0 aliphatic carbocycles. The number of hydrogen-bond acceptors (Lipinski definition) is 2. The molecule has 0 bridgehead atoms. The number of aromatic nitrogens is 3. The van der Waals surface area contributed by atoms with Crippen LogP contribution in [0.3, 0.4) is 0 Å². The third-order valence-electron chi connectivity index (χ3n) is 3.12. The molecule has 0 aliphatic rings. The van der Waals surface area contributed by atoms with Gasteiger partial charge in [0.05, 0.1) is 5.56 Å². The van der Waals surface area contributed by atoms with E-state index in [1.165, 1.54) is 16.5 Å². The number of halogens is 4. The molecule has 0 unspecified atom stereocenters. The number of fused-ring (bicyclic) bond motifs is 1. The summed E-state index contributed by atoms with van der Waals surface area (Å²) in [5.74, 6) is 0.368. The fraction of sp³-hybridized carbons (Fsp3) is 0.143. The lowest BCUT2D eigenvalue weighted by molar-refractivity contribution is -0.138. The number of benzene rings is 1. The van der Waals surface area contributed by atoms with E-state index in [0.29, 0.717) is 16.6 Å². The number of alkyl halides is 3.